The fourth-order valence-electron chi connectivity index (χ4n) is 4.73. The molecular weight excluding hydrogens is 356 g/mol. The van der Waals surface area contributed by atoms with Gasteiger partial charge in [-0.25, -0.2) is 4.79 Å². The molecule has 0 aromatic rings. The van der Waals surface area contributed by atoms with Gasteiger partial charge in [0.2, 0.25) is 0 Å². The van der Waals surface area contributed by atoms with Crippen LogP contribution >= 0.6 is 0 Å². The van der Waals surface area contributed by atoms with E-state index in [1.54, 1.807) is 0 Å². The summed E-state index contributed by atoms with van der Waals surface area (Å²) in [5.74, 6) is 0.470. The highest BCUT2D eigenvalue weighted by Crippen LogP contribution is 2.37. The van der Waals surface area contributed by atoms with Gasteiger partial charge in [0.15, 0.2) is 5.54 Å². The average molecular weight is 387 g/mol. The van der Waals surface area contributed by atoms with Crippen LogP contribution in [0.3, 0.4) is 0 Å². The molecule has 0 aromatic heterocycles. The van der Waals surface area contributed by atoms with Crippen molar-refractivity contribution in [2.24, 2.45) is 10.7 Å². The van der Waals surface area contributed by atoms with Gasteiger partial charge in [0.05, 0.1) is 18.5 Å². The van der Waals surface area contributed by atoms with E-state index in [2.05, 4.69) is 39.3 Å². The first-order chi connectivity index (χ1) is 13.3. The van der Waals surface area contributed by atoms with Crippen molar-refractivity contribution in [2.45, 2.75) is 50.7 Å². The maximum absolute atomic E-state index is 12.0. The number of carbonyl (C=O) groups is 1. The number of aliphatic imine (C=N–C) groups is 1. The van der Waals surface area contributed by atoms with E-state index in [-0.39, 0.29) is 5.97 Å². The van der Waals surface area contributed by atoms with Crippen LogP contribution < -0.4 is 11.2 Å². The van der Waals surface area contributed by atoms with Crippen molar-refractivity contribution in [3.8, 4) is 0 Å². The van der Waals surface area contributed by atoms with Crippen molar-refractivity contribution in [2.75, 3.05) is 27.2 Å². The molecule has 2 fully saturated rings. The number of nitrogens with two attached hydrogens (primary N) is 1. The van der Waals surface area contributed by atoms with Crippen LogP contribution in [0, 0.1) is 0 Å². The van der Waals surface area contributed by atoms with Gasteiger partial charge in [-0.2, -0.15) is 0 Å². The highest BCUT2D eigenvalue weighted by Gasteiger charge is 2.43. The van der Waals surface area contributed by atoms with E-state index >= 15 is 0 Å². The number of likely N-dealkylation sites (tertiary alicyclic amines) is 1. The van der Waals surface area contributed by atoms with Gasteiger partial charge in [-0.3, -0.25) is 10.0 Å². The Balaban J connectivity index is 1.51. The van der Waals surface area contributed by atoms with E-state index < -0.39 is 5.54 Å². The van der Waals surface area contributed by atoms with E-state index in [0.717, 1.165) is 48.8 Å². The second-order valence-corrected chi connectivity index (χ2v) is 8.32. The number of methoxy groups -OCH3 is 1. The molecule has 28 heavy (non-hydrogen) atoms. The maximum atomic E-state index is 12.0. The highest BCUT2D eigenvalue weighted by molar-refractivity contribution is 5.88. The number of carbonyl (C=O) groups excluding carboxylic acids is 1. The predicted octanol–water partition coefficient (Wildman–Crippen LogP) is 0.907. The second-order valence-electron chi connectivity index (χ2n) is 8.32. The van der Waals surface area contributed by atoms with Gasteiger partial charge in [0, 0.05) is 50.6 Å². The van der Waals surface area contributed by atoms with Crippen molar-refractivity contribution in [3.05, 3.63) is 35.1 Å². The molecule has 4 aliphatic heterocycles. The first kappa shape index (κ1) is 18.7. The van der Waals surface area contributed by atoms with Gasteiger partial charge < -0.3 is 25.7 Å². The molecular formula is C20H30N6O2. The number of piperazine rings is 1. The predicted molar refractivity (Wildman–Crippen MR) is 108 cm³/mol. The number of nitrogens with one attached hydrogen (secondary N) is 1. The highest BCUT2D eigenvalue weighted by atomic mass is 16.5. The van der Waals surface area contributed by atoms with E-state index in [1.165, 1.54) is 7.11 Å². The SMILES string of the molecule is COC(=O)C1(C)CC=C(N2C3CCC2CN(C2=C(N)N(C)NC(C)=C2)C3)C=N1. The molecule has 0 radical (unpaired) electrons. The zero-order chi connectivity index (χ0) is 20.1. The first-order valence-corrected chi connectivity index (χ1v) is 9.88. The van der Waals surface area contributed by atoms with E-state index in [4.69, 9.17) is 10.5 Å². The van der Waals surface area contributed by atoms with Crippen molar-refractivity contribution in [1.29, 1.82) is 0 Å². The van der Waals surface area contributed by atoms with Gasteiger partial charge in [0.25, 0.3) is 0 Å². The lowest BCUT2D eigenvalue weighted by atomic mass is 9.95. The average Bonchev–Trinajstić information content (AvgIpc) is 2.93. The van der Waals surface area contributed by atoms with Crippen LogP contribution in [0.4, 0.5) is 0 Å². The number of nitrogens with zero attached hydrogens (tertiary/aromatic N) is 4. The third-order valence-corrected chi connectivity index (χ3v) is 6.26. The molecule has 3 atom stereocenters. The van der Waals surface area contributed by atoms with E-state index in [9.17, 15) is 4.79 Å². The molecule has 3 unspecified atom stereocenters. The van der Waals surface area contributed by atoms with Crippen LogP contribution in [0.15, 0.2) is 40.1 Å². The van der Waals surface area contributed by atoms with Gasteiger partial charge in [-0.05, 0) is 32.8 Å². The molecule has 0 aliphatic carbocycles. The van der Waals surface area contributed by atoms with Gasteiger partial charge in [0.1, 0.15) is 5.82 Å². The fraction of sp³-hybridized carbons (Fsp3) is 0.600. The smallest absolute Gasteiger partial charge is 0.333 e. The Kier molecular flexibility index (Phi) is 4.51. The molecule has 4 rings (SSSR count). The Morgan fingerprint density at radius 2 is 2.04 bits per heavy atom. The van der Waals surface area contributed by atoms with Crippen LogP contribution in [0.25, 0.3) is 0 Å². The summed E-state index contributed by atoms with van der Waals surface area (Å²) in [6.45, 7) is 5.75. The topological polar surface area (TPSA) is 86.4 Å². The van der Waals surface area contributed by atoms with E-state index in [0.29, 0.717) is 18.5 Å². The standard InChI is InChI=1S/C20H30N6O2/c1-13-9-17(18(21)24(3)23-13)25-11-15-5-6-16(12-25)26(15)14-7-8-20(2,22-10-14)19(27)28-4/h7,9-10,15-16,23H,5-6,8,11-12,21H2,1-4H3. The van der Waals surface area contributed by atoms with E-state index in [1.807, 2.05) is 25.2 Å². The fourth-order valence-corrected chi connectivity index (χ4v) is 4.73. The summed E-state index contributed by atoms with van der Waals surface area (Å²) < 4.78 is 4.90. The van der Waals surface area contributed by atoms with Crippen molar-refractivity contribution >= 4 is 12.2 Å². The summed E-state index contributed by atoms with van der Waals surface area (Å²) in [7, 11) is 3.36. The summed E-state index contributed by atoms with van der Waals surface area (Å²) in [5.41, 5.74) is 12.1. The van der Waals surface area contributed by atoms with Crippen LogP contribution in [-0.2, 0) is 9.53 Å². The molecule has 4 heterocycles. The largest absolute Gasteiger partial charge is 0.467 e. The molecule has 8 heteroatoms. The van der Waals surface area contributed by atoms with Crippen LogP contribution in [0.1, 0.15) is 33.1 Å². The Morgan fingerprint density at radius 3 is 2.61 bits per heavy atom. The maximum Gasteiger partial charge on any atom is 0.333 e. The molecule has 152 valence electrons. The molecule has 0 aromatic carbocycles. The summed E-state index contributed by atoms with van der Waals surface area (Å²) >= 11 is 0. The van der Waals surface area contributed by atoms with Gasteiger partial charge >= 0.3 is 5.97 Å². The molecule has 2 saturated heterocycles. The van der Waals surface area contributed by atoms with Crippen LogP contribution in [0.2, 0.25) is 0 Å². The Hall–Kier alpha value is -2.64. The zero-order valence-corrected chi connectivity index (χ0v) is 17.1. The number of allylic oxidation sites excluding steroid dienone is 3. The van der Waals surface area contributed by atoms with Crippen molar-refractivity contribution in [1.82, 2.24) is 20.2 Å². The summed E-state index contributed by atoms with van der Waals surface area (Å²) in [5, 5.41) is 1.88. The summed E-state index contributed by atoms with van der Waals surface area (Å²) in [6.07, 6.45) is 9.02. The number of ether oxygens (including phenoxy) is 1. The third kappa shape index (κ3) is 3.00. The number of hydrogen-bond donors (Lipinski definition) is 2. The first-order valence-electron chi connectivity index (χ1n) is 9.88. The monoisotopic (exact) mass is 386 g/mol. The number of fused-ring (bicyclic) bond motifs is 2. The molecule has 8 nitrogen and oxygen atoms in total. The molecule has 3 N–H and O–H groups in total. The van der Waals surface area contributed by atoms with Crippen LogP contribution in [-0.4, -0.2) is 71.9 Å². The molecule has 4 aliphatic rings. The van der Waals surface area contributed by atoms with Crippen molar-refractivity contribution in [3.63, 3.8) is 0 Å². The van der Waals surface area contributed by atoms with Crippen molar-refractivity contribution < 1.29 is 9.53 Å². The molecule has 2 bridgehead atoms. The lowest BCUT2D eigenvalue weighted by Crippen LogP contribution is -2.54. The number of hydrogen-bond acceptors (Lipinski definition) is 8. The minimum atomic E-state index is -0.805. The Labute approximate surface area is 166 Å². The molecule has 0 spiro atoms. The van der Waals surface area contributed by atoms with Crippen LogP contribution in [0.5, 0.6) is 0 Å². The Bertz CT molecular complexity index is 787. The quantitative estimate of drug-likeness (QED) is 0.697. The minimum absolute atomic E-state index is 0.286. The number of esters is 1. The normalized spacial score (nSPS) is 32.2. The van der Waals surface area contributed by atoms with Gasteiger partial charge in [-0.15, -0.1) is 0 Å². The minimum Gasteiger partial charge on any atom is -0.467 e. The van der Waals surface area contributed by atoms with Gasteiger partial charge in [-0.1, -0.05) is 6.08 Å². The summed E-state index contributed by atoms with van der Waals surface area (Å²) in [6, 6.07) is 0.848. The lowest BCUT2D eigenvalue weighted by molar-refractivity contribution is -0.146. The Morgan fingerprint density at radius 1 is 1.36 bits per heavy atom. The summed E-state index contributed by atoms with van der Waals surface area (Å²) in [4.78, 5) is 21.5. The number of dihydropyridines is 1. The molecule has 0 saturated carbocycles. The lowest BCUT2D eigenvalue weighted by Gasteiger charge is -2.46. The number of hydrazine groups is 1. The third-order valence-electron chi connectivity index (χ3n) is 6.26. The number of rotatable bonds is 3. The second kappa shape index (κ2) is 6.76. The zero-order valence-electron chi connectivity index (χ0n) is 17.1. The molecule has 0 amide bonds.